The molecule has 7 heteroatoms. The molecule has 0 saturated heterocycles. The van der Waals surface area contributed by atoms with Crippen molar-refractivity contribution in [2.24, 2.45) is 7.05 Å². The maximum Gasteiger partial charge on any atom is 0.375 e. The molecule has 0 spiro atoms. The van der Waals surface area contributed by atoms with Crippen molar-refractivity contribution in [2.75, 3.05) is 0 Å². The SMILES string of the molecule is CCc1nc(C(=O)O)nn1-c1ccn(C)n1. The van der Waals surface area contributed by atoms with Crippen molar-refractivity contribution in [1.29, 1.82) is 0 Å². The summed E-state index contributed by atoms with van der Waals surface area (Å²) in [6.45, 7) is 1.88. The highest BCUT2D eigenvalue weighted by atomic mass is 16.4. The van der Waals surface area contributed by atoms with E-state index in [1.807, 2.05) is 6.92 Å². The highest BCUT2D eigenvalue weighted by molar-refractivity contribution is 5.83. The first-order valence-electron chi connectivity index (χ1n) is 4.81. The minimum atomic E-state index is -1.13. The smallest absolute Gasteiger partial charge is 0.375 e. The van der Waals surface area contributed by atoms with Crippen LogP contribution < -0.4 is 0 Å². The number of nitrogens with zero attached hydrogens (tertiary/aromatic N) is 5. The Balaban J connectivity index is 2.51. The van der Waals surface area contributed by atoms with Crippen molar-refractivity contribution in [3.8, 4) is 5.82 Å². The minimum Gasteiger partial charge on any atom is -0.475 e. The lowest BCUT2D eigenvalue weighted by atomic mass is 10.4. The Morgan fingerprint density at radius 3 is 2.75 bits per heavy atom. The van der Waals surface area contributed by atoms with Crippen LogP contribution in [0.2, 0.25) is 0 Å². The predicted molar refractivity (Wildman–Crippen MR) is 54.5 cm³/mol. The Hall–Kier alpha value is -2.18. The molecule has 2 aromatic heterocycles. The van der Waals surface area contributed by atoms with E-state index in [1.54, 1.807) is 24.0 Å². The van der Waals surface area contributed by atoms with E-state index in [-0.39, 0.29) is 5.82 Å². The van der Waals surface area contributed by atoms with Crippen LogP contribution in [-0.4, -0.2) is 35.6 Å². The first-order chi connectivity index (χ1) is 7.61. The quantitative estimate of drug-likeness (QED) is 0.803. The zero-order valence-corrected chi connectivity index (χ0v) is 8.95. The predicted octanol–water partition coefficient (Wildman–Crippen LogP) is 0.261. The fourth-order valence-electron chi connectivity index (χ4n) is 1.36. The third kappa shape index (κ3) is 1.67. The van der Waals surface area contributed by atoms with Crippen molar-refractivity contribution >= 4 is 5.97 Å². The number of hydrogen-bond donors (Lipinski definition) is 1. The average Bonchev–Trinajstić information content (AvgIpc) is 2.82. The van der Waals surface area contributed by atoms with Crippen molar-refractivity contribution in [2.45, 2.75) is 13.3 Å². The number of aryl methyl sites for hydroxylation is 2. The monoisotopic (exact) mass is 221 g/mol. The van der Waals surface area contributed by atoms with Gasteiger partial charge in [0.1, 0.15) is 5.82 Å². The maximum absolute atomic E-state index is 10.8. The molecule has 0 atom stereocenters. The molecule has 2 aromatic rings. The van der Waals surface area contributed by atoms with Crippen LogP contribution in [0.15, 0.2) is 12.3 Å². The van der Waals surface area contributed by atoms with E-state index < -0.39 is 5.97 Å². The molecular formula is C9H11N5O2. The standard InChI is InChI=1S/C9H11N5O2/c1-3-6-10-8(9(15)16)12-14(6)7-4-5-13(2)11-7/h4-5H,3H2,1-2H3,(H,15,16). The van der Waals surface area contributed by atoms with Crippen LogP contribution in [0.4, 0.5) is 0 Å². The van der Waals surface area contributed by atoms with E-state index in [0.717, 1.165) is 0 Å². The lowest BCUT2D eigenvalue weighted by Gasteiger charge is -1.98. The number of rotatable bonds is 3. The number of hydrogen-bond acceptors (Lipinski definition) is 4. The number of carboxylic acid groups (broad SMARTS) is 1. The summed E-state index contributed by atoms with van der Waals surface area (Å²) < 4.78 is 3.07. The maximum atomic E-state index is 10.8. The van der Waals surface area contributed by atoms with Crippen LogP contribution in [0.3, 0.4) is 0 Å². The summed E-state index contributed by atoms with van der Waals surface area (Å²) in [5.41, 5.74) is 0. The van der Waals surface area contributed by atoms with E-state index in [4.69, 9.17) is 5.11 Å². The molecule has 2 heterocycles. The third-order valence-electron chi connectivity index (χ3n) is 2.10. The molecule has 0 radical (unpaired) electrons. The summed E-state index contributed by atoms with van der Waals surface area (Å²) in [7, 11) is 1.78. The fourth-order valence-corrected chi connectivity index (χ4v) is 1.36. The van der Waals surface area contributed by atoms with Crippen LogP contribution >= 0.6 is 0 Å². The van der Waals surface area contributed by atoms with Crippen molar-refractivity contribution < 1.29 is 9.90 Å². The Bertz CT molecular complexity index is 528. The van der Waals surface area contributed by atoms with Crippen molar-refractivity contribution in [3.63, 3.8) is 0 Å². The molecule has 0 saturated carbocycles. The Labute approximate surface area is 91.3 Å². The lowest BCUT2D eigenvalue weighted by molar-refractivity contribution is 0.0683. The largest absolute Gasteiger partial charge is 0.475 e. The van der Waals surface area contributed by atoms with E-state index in [9.17, 15) is 4.79 Å². The van der Waals surface area contributed by atoms with Gasteiger partial charge < -0.3 is 5.11 Å². The van der Waals surface area contributed by atoms with Gasteiger partial charge in [0.05, 0.1) is 0 Å². The Kier molecular flexibility index (Phi) is 2.43. The fraction of sp³-hybridized carbons (Fsp3) is 0.333. The highest BCUT2D eigenvalue weighted by Crippen LogP contribution is 2.07. The molecule has 0 bridgehead atoms. The zero-order valence-electron chi connectivity index (χ0n) is 8.95. The van der Waals surface area contributed by atoms with Gasteiger partial charge >= 0.3 is 5.97 Å². The second kappa shape index (κ2) is 3.76. The van der Waals surface area contributed by atoms with Crippen molar-refractivity contribution in [1.82, 2.24) is 24.5 Å². The molecular weight excluding hydrogens is 210 g/mol. The van der Waals surface area contributed by atoms with Gasteiger partial charge in [-0.25, -0.2) is 9.78 Å². The zero-order chi connectivity index (χ0) is 11.7. The number of aromatic nitrogens is 5. The Morgan fingerprint density at radius 1 is 1.50 bits per heavy atom. The molecule has 0 aliphatic rings. The lowest BCUT2D eigenvalue weighted by Crippen LogP contribution is -2.04. The number of carboxylic acids is 1. The van der Waals surface area contributed by atoms with Gasteiger partial charge in [0.25, 0.3) is 5.82 Å². The summed E-state index contributed by atoms with van der Waals surface area (Å²) in [5, 5.41) is 16.8. The van der Waals surface area contributed by atoms with Gasteiger partial charge in [-0.3, -0.25) is 4.68 Å². The molecule has 0 aliphatic heterocycles. The van der Waals surface area contributed by atoms with E-state index >= 15 is 0 Å². The molecule has 0 aliphatic carbocycles. The molecule has 1 N–H and O–H groups in total. The number of aromatic carboxylic acids is 1. The summed E-state index contributed by atoms with van der Waals surface area (Å²) in [6, 6.07) is 1.75. The van der Waals surface area contributed by atoms with Crippen LogP contribution in [0.1, 0.15) is 23.4 Å². The van der Waals surface area contributed by atoms with Crippen LogP contribution in [0.5, 0.6) is 0 Å². The molecule has 0 fully saturated rings. The highest BCUT2D eigenvalue weighted by Gasteiger charge is 2.16. The third-order valence-corrected chi connectivity index (χ3v) is 2.10. The van der Waals surface area contributed by atoms with Gasteiger partial charge in [-0.2, -0.15) is 9.78 Å². The van der Waals surface area contributed by atoms with Gasteiger partial charge in [0, 0.05) is 25.7 Å². The first kappa shape index (κ1) is 10.3. The van der Waals surface area contributed by atoms with Gasteiger partial charge in [0.2, 0.25) is 0 Å². The number of carbonyl (C=O) groups is 1. The summed E-state index contributed by atoms with van der Waals surface area (Å²) in [4.78, 5) is 14.7. The van der Waals surface area contributed by atoms with Crippen LogP contribution in [0, 0.1) is 0 Å². The summed E-state index contributed by atoms with van der Waals surface area (Å²) in [5.74, 6) is -0.192. The summed E-state index contributed by atoms with van der Waals surface area (Å²) in [6.07, 6.45) is 2.35. The van der Waals surface area contributed by atoms with Gasteiger partial charge in [-0.15, -0.1) is 5.10 Å². The average molecular weight is 221 g/mol. The normalized spacial score (nSPS) is 10.6. The van der Waals surface area contributed by atoms with Crippen LogP contribution in [0.25, 0.3) is 5.82 Å². The van der Waals surface area contributed by atoms with Gasteiger partial charge in [-0.05, 0) is 0 Å². The molecule has 0 amide bonds. The van der Waals surface area contributed by atoms with E-state index in [1.165, 1.54) is 4.68 Å². The Morgan fingerprint density at radius 2 is 2.25 bits per heavy atom. The second-order valence-electron chi connectivity index (χ2n) is 3.27. The molecule has 7 nitrogen and oxygen atoms in total. The topological polar surface area (TPSA) is 85.8 Å². The van der Waals surface area contributed by atoms with E-state index in [2.05, 4.69) is 15.2 Å². The molecule has 16 heavy (non-hydrogen) atoms. The van der Waals surface area contributed by atoms with Gasteiger partial charge in [0.15, 0.2) is 5.82 Å². The van der Waals surface area contributed by atoms with Crippen LogP contribution in [-0.2, 0) is 13.5 Å². The first-order valence-corrected chi connectivity index (χ1v) is 4.81. The second-order valence-corrected chi connectivity index (χ2v) is 3.27. The minimum absolute atomic E-state index is 0.206. The van der Waals surface area contributed by atoms with E-state index in [0.29, 0.717) is 18.1 Å². The molecule has 0 unspecified atom stereocenters. The molecule has 2 rings (SSSR count). The summed E-state index contributed by atoms with van der Waals surface area (Å²) >= 11 is 0. The van der Waals surface area contributed by atoms with Crippen molar-refractivity contribution in [3.05, 3.63) is 23.9 Å². The van der Waals surface area contributed by atoms with Gasteiger partial charge in [-0.1, -0.05) is 6.92 Å². The molecule has 0 aromatic carbocycles. The molecule has 84 valence electrons.